The minimum absolute atomic E-state index is 0.0498. The normalized spacial score (nSPS) is 18.7. The predicted molar refractivity (Wildman–Crippen MR) is 87.6 cm³/mol. The van der Waals surface area contributed by atoms with Gasteiger partial charge in [0.1, 0.15) is 0 Å². The SMILES string of the molecule is CC[C@@H](NC(=O)c1ccc(-c2n[nH]c(=S)o2)cc1)[C@@H]1CCCO1. The van der Waals surface area contributed by atoms with Gasteiger partial charge in [-0.05, 0) is 55.7 Å². The monoisotopic (exact) mass is 333 g/mol. The van der Waals surface area contributed by atoms with Crippen molar-refractivity contribution in [3.63, 3.8) is 0 Å². The molecule has 7 heteroatoms. The average Bonchev–Trinajstić information content (AvgIpc) is 3.24. The van der Waals surface area contributed by atoms with Gasteiger partial charge in [-0.2, -0.15) is 0 Å². The maximum absolute atomic E-state index is 12.4. The second-order valence-electron chi connectivity index (χ2n) is 5.54. The van der Waals surface area contributed by atoms with Gasteiger partial charge < -0.3 is 14.5 Å². The average molecular weight is 333 g/mol. The minimum Gasteiger partial charge on any atom is -0.409 e. The van der Waals surface area contributed by atoms with Crippen molar-refractivity contribution in [1.29, 1.82) is 0 Å². The molecule has 0 aliphatic carbocycles. The Morgan fingerprint density at radius 1 is 1.48 bits per heavy atom. The standard InChI is InChI=1S/C16H19N3O3S/c1-2-12(13-4-3-9-21-13)17-14(20)10-5-7-11(8-6-10)15-18-19-16(23)22-15/h5-8,12-13H,2-4,9H2,1H3,(H,17,20)(H,19,23)/t12-,13+/m1/s1. The van der Waals surface area contributed by atoms with Crippen LogP contribution in [0.5, 0.6) is 0 Å². The number of benzene rings is 1. The summed E-state index contributed by atoms with van der Waals surface area (Å²) in [7, 11) is 0. The second kappa shape index (κ2) is 7.06. The molecule has 1 saturated heterocycles. The summed E-state index contributed by atoms with van der Waals surface area (Å²) in [6.45, 7) is 2.84. The van der Waals surface area contributed by atoms with E-state index in [0.717, 1.165) is 31.4 Å². The van der Waals surface area contributed by atoms with E-state index in [9.17, 15) is 4.79 Å². The molecule has 0 spiro atoms. The van der Waals surface area contributed by atoms with Gasteiger partial charge in [-0.1, -0.05) is 6.92 Å². The summed E-state index contributed by atoms with van der Waals surface area (Å²) in [6.07, 6.45) is 3.03. The molecule has 0 bridgehead atoms. The van der Waals surface area contributed by atoms with Crippen LogP contribution < -0.4 is 5.32 Å². The number of rotatable bonds is 5. The number of H-pyrrole nitrogens is 1. The molecule has 122 valence electrons. The molecule has 1 aromatic carbocycles. The molecule has 0 saturated carbocycles. The van der Waals surface area contributed by atoms with E-state index in [-0.39, 0.29) is 22.9 Å². The Hall–Kier alpha value is -1.99. The van der Waals surface area contributed by atoms with Crippen molar-refractivity contribution < 1.29 is 13.9 Å². The molecule has 1 aliphatic heterocycles. The van der Waals surface area contributed by atoms with Gasteiger partial charge in [-0.15, -0.1) is 5.10 Å². The molecule has 23 heavy (non-hydrogen) atoms. The first kappa shape index (κ1) is 15.9. The van der Waals surface area contributed by atoms with Gasteiger partial charge in [0.2, 0.25) is 5.89 Å². The molecule has 1 aromatic heterocycles. The highest BCUT2D eigenvalue weighted by atomic mass is 32.1. The fraction of sp³-hybridized carbons (Fsp3) is 0.438. The van der Waals surface area contributed by atoms with Crippen molar-refractivity contribution in [3.8, 4) is 11.5 Å². The molecule has 1 fully saturated rings. The van der Waals surface area contributed by atoms with E-state index < -0.39 is 0 Å². The zero-order valence-electron chi connectivity index (χ0n) is 12.9. The van der Waals surface area contributed by atoms with Crippen LogP contribution in [-0.2, 0) is 4.74 Å². The first-order valence-electron chi connectivity index (χ1n) is 7.76. The summed E-state index contributed by atoms with van der Waals surface area (Å²) in [4.78, 5) is 12.6. The highest BCUT2D eigenvalue weighted by Gasteiger charge is 2.26. The van der Waals surface area contributed by atoms with Gasteiger partial charge in [0.25, 0.3) is 10.7 Å². The number of carbonyl (C=O) groups excluding carboxylic acids is 1. The Kier molecular flexibility index (Phi) is 4.88. The van der Waals surface area contributed by atoms with Crippen molar-refractivity contribution >= 4 is 18.1 Å². The van der Waals surface area contributed by atoms with E-state index in [1.54, 1.807) is 24.3 Å². The molecule has 2 heterocycles. The van der Waals surface area contributed by atoms with Gasteiger partial charge in [-0.25, -0.2) is 5.10 Å². The number of nitrogens with one attached hydrogen (secondary N) is 2. The molecule has 2 N–H and O–H groups in total. The maximum atomic E-state index is 12.4. The van der Waals surface area contributed by atoms with Crippen molar-refractivity contribution in [1.82, 2.24) is 15.5 Å². The lowest BCUT2D eigenvalue weighted by Gasteiger charge is -2.22. The number of amides is 1. The number of ether oxygens (including phenoxy) is 1. The molecule has 6 nitrogen and oxygen atoms in total. The van der Waals surface area contributed by atoms with Crippen LogP contribution in [0.4, 0.5) is 0 Å². The van der Waals surface area contributed by atoms with Crippen LogP contribution in [-0.4, -0.2) is 34.9 Å². The number of carbonyl (C=O) groups is 1. The van der Waals surface area contributed by atoms with E-state index in [1.807, 2.05) is 0 Å². The van der Waals surface area contributed by atoms with Crippen molar-refractivity contribution in [3.05, 3.63) is 34.7 Å². The minimum atomic E-state index is -0.0955. The summed E-state index contributed by atoms with van der Waals surface area (Å²) in [5, 5.41) is 9.60. The van der Waals surface area contributed by atoms with Crippen molar-refractivity contribution in [2.45, 2.75) is 38.3 Å². The molecule has 3 rings (SSSR count). The zero-order valence-corrected chi connectivity index (χ0v) is 13.7. The summed E-state index contributed by atoms with van der Waals surface area (Å²) in [6, 6.07) is 7.13. The lowest BCUT2D eigenvalue weighted by Crippen LogP contribution is -2.42. The smallest absolute Gasteiger partial charge is 0.284 e. The molecule has 0 unspecified atom stereocenters. The number of aromatic nitrogens is 2. The van der Waals surface area contributed by atoms with Crippen molar-refractivity contribution in [2.24, 2.45) is 0 Å². The van der Waals surface area contributed by atoms with Gasteiger partial charge in [0, 0.05) is 17.7 Å². The summed E-state index contributed by atoms with van der Waals surface area (Å²) >= 11 is 4.85. The van der Waals surface area contributed by atoms with Crippen LogP contribution in [0.1, 0.15) is 36.5 Å². The number of hydrogen-bond acceptors (Lipinski definition) is 5. The summed E-state index contributed by atoms with van der Waals surface area (Å²) in [5.74, 6) is 0.314. The lowest BCUT2D eigenvalue weighted by atomic mass is 10.0. The quantitative estimate of drug-likeness (QED) is 0.822. The van der Waals surface area contributed by atoms with E-state index in [1.165, 1.54) is 0 Å². The topological polar surface area (TPSA) is 80.2 Å². The molecular weight excluding hydrogens is 314 g/mol. The molecule has 1 aliphatic rings. The Balaban J connectivity index is 1.68. The fourth-order valence-corrected chi connectivity index (χ4v) is 2.87. The summed E-state index contributed by atoms with van der Waals surface area (Å²) in [5.41, 5.74) is 1.36. The van der Waals surface area contributed by atoms with E-state index in [0.29, 0.717) is 11.5 Å². The Morgan fingerprint density at radius 3 is 2.83 bits per heavy atom. The van der Waals surface area contributed by atoms with Gasteiger partial charge >= 0.3 is 0 Å². The Morgan fingerprint density at radius 2 is 2.26 bits per heavy atom. The number of nitrogens with zero attached hydrogens (tertiary/aromatic N) is 1. The van der Waals surface area contributed by atoms with Crippen LogP contribution in [0.3, 0.4) is 0 Å². The van der Waals surface area contributed by atoms with Crippen LogP contribution >= 0.6 is 12.2 Å². The predicted octanol–water partition coefficient (Wildman–Crippen LogP) is 3.09. The maximum Gasteiger partial charge on any atom is 0.284 e. The summed E-state index contributed by atoms with van der Waals surface area (Å²) < 4.78 is 10.9. The Bertz CT molecular complexity index is 717. The molecule has 1 amide bonds. The van der Waals surface area contributed by atoms with Gasteiger partial charge in [-0.3, -0.25) is 4.79 Å². The van der Waals surface area contributed by atoms with Gasteiger partial charge in [0.15, 0.2) is 0 Å². The zero-order chi connectivity index (χ0) is 16.2. The highest BCUT2D eigenvalue weighted by Crippen LogP contribution is 2.19. The van der Waals surface area contributed by atoms with E-state index >= 15 is 0 Å². The third-order valence-corrected chi connectivity index (χ3v) is 4.18. The number of aromatic amines is 1. The largest absolute Gasteiger partial charge is 0.409 e. The van der Waals surface area contributed by atoms with Gasteiger partial charge in [0.05, 0.1) is 12.1 Å². The van der Waals surface area contributed by atoms with E-state index in [4.69, 9.17) is 21.4 Å². The highest BCUT2D eigenvalue weighted by molar-refractivity contribution is 7.71. The first-order valence-corrected chi connectivity index (χ1v) is 8.16. The van der Waals surface area contributed by atoms with Crippen LogP contribution in [0.15, 0.2) is 28.7 Å². The molecule has 2 atom stereocenters. The first-order chi connectivity index (χ1) is 11.2. The van der Waals surface area contributed by atoms with Crippen LogP contribution in [0, 0.1) is 4.84 Å². The number of hydrogen-bond donors (Lipinski definition) is 2. The van der Waals surface area contributed by atoms with E-state index in [2.05, 4.69) is 22.4 Å². The third kappa shape index (κ3) is 3.68. The lowest BCUT2D eigenvalue weighted by molar-refractivity contribution is 0.0665. The molecule has 0 radical (unpaired) electrons. The Labute approximate surface area is 139 Å². The van der Waals surface area contributed by atoms with Crippen LogP contribution in [0.25, 0.3) is 11.5 Å². The molecular formula is C16H19N3O3S. The van der Waals surface area contributed by atoms with Crippen LogP contribution in [0.2, 0.25) is 0 Å². The molecule has 2 aromatic rings. The van der Waals surface area contributed by atoms with Crippen molar-refractivity contribution in [2.75, 3.05) is 6.61 Å². The third-order valence-electron chi connectivity index (χ3n) is 4.00. The second-order valence-corrected chi connectivity index (χ2v) is 5.91. The fourth-order valence-electron chi connectivity index (χ4n) is 2.75.